The van der Waals surface area contributed by atoms with Crippen molar-refractivity contribution in [3.05, 3.63) is 24.3 Å². The topological polar surface area (TPSA) is 97.9 Å². The normalized spacial score (nSPS) is 17.2. The van der Waals surface area contributed by atoms with Gasteiger partial charge >= 0.3 is 12.1 Å². The van der Waals surface area contributed by atoms with Gasteiger partial charge in [0.25, 0.3) is 0 Å². The van der Waals surface area contributed by atoms with Crippen LogP contribution in [0.2, 0.25) is 0 Å². The number of hydrogen-bond donors (Lipinski definition) is 3. The predicted octanol–water partition coefficient (Wildman–Crippen LogP) is 1.79. The molecular weight excluding hydrogens is 302 g/mol. The second kappa shape index (κ2) is 8.96. The van der Waals surface area contributed by atoms with Crippen LogP contribution in [-0.4, -0.2) is 51.2 Å². The van der Waals surface area contributed by atoms with E-state index in [0.717, 1.165) is 0 Å². The molecule has 0 radical (unpaired) electrons. The Hall–Kier alpha value is -2.32. The third kappa shape index (κ3) is 6.13. The quantitative estimate of drug-likeness (QED) is 0.767. The van der Waals surface area contributed by atoms with E-state index in [-0.39, 0.29) is 12.1 Å². The molecule has 2 rings (SSSR count). The molecule has 0 aromatic heterocycles. The van der Waals surface area contributed by atoms with Crippen LogP contribution in [0.1, 0.15) is 6.92 Å². The van der Waals surface area contributed by atoms with E-state index in [1.807, 2.05) is 0 Å². The standard InChI is InChI=1S/C15H21N3O5/c1-2-22-15(20)18-12-5-3-11(4-6-12)17-14(19)16-9-13-10-21-7-8-23-13/h3-6,13H,2,7-10H2,1H3,(H,18,20)(H2,16,17,19). The lowest BCUT2D eigenvalue weighted by atomic mass is 10.3. The molecule has 1 saturated heterocycles. The van der Waals surface area contributed by atoms with E-state index in [9.17, 15) is 9.59 Å². The van der Waals surface area contributed by atoms with Crippen molar-refractivity contribution >= 4 is 23.5 Å². The Morgan fingerprint density at radius 1 is 1.17 bits per heavy atom. The number of ether oxygens (including phenoxy) is 3. The minimum Gasteiger partial charge on any atom is -0.450 e. The van der Waals surface area contributed by atoms with Crippen molar-refractivity contribution in [3.63, 3.8) is 0 Å². The van der Waals surface area contributed by atoms with Crippen LogP contribution in [0.25, 0.3) is 0 Å². The van der Waals surface area contributed by atoms with Gasteiger partial charge in [-0.15, -0.1) is 0 Å². The molecule has 8 nitrogen and oxygen atoms in total. The first kappa shape index (κ1) is 17.0. The zero-order valence-corrected chi connectivity index (χ0v) is 13.0. The highest BCUT2D eigenvalue weighted by molar-refractivity contribution is 5.90. The van der Waals surface area contributed by atoms with Gasteiger partial charge in [0, 0.05) is 17.9 Å². The van der Waals surface area contributed by atoms with Crippen LogP contribution < -0.4 is 16.0 Å². The van der Waals surface area contributed by atoms with Gasteiger partial charge in [-0.1, -0.05) is 0 Å². The fraction of sp³-hybridized carbons (Fsp3) is 0.467. The summed E-state index contributed by atoms with van der Waals surface area (Å²) in [5, 5.41) is 7.99. The van der Waals surface area contributed by atoms with E-state index in [1.165, 1.54) is 0 Å². The molecular formula is C15H21N3O5. The highest BCUT2D eigenvalue weighted by Crippen LogP contribution is 2.13. The average Bonchev–Trinajstić information content (AvgIpc) is 2.56. The van der Waals surface area contributed by atoms with E-state index < -0.39 is 6.09 Å². The van der Waals surface area contributed by atoms with Crippen LogP contribution in [0, 0.1) is 0 Å². The van der Waals surface area contributed by atoms with Crippen molar-refractivity contribution in [3.8, 4) is 0 Å². The number of carbonyl (C=O) groups excluding carboxylic acids is 2. The van der Waals surface area contributed by atoms with Crippen LogP contribution in [0.15, 0.2) is 24.3 Å². The second-order valence-electron chi connectivity index (χ2n) is 4.83. The Labute approximate surface area is 134 Å². The number of carbonyl (C=O) groups is 2. The van der Waals surface area contributed by atoms with Crippen molar-refractivity contribution in [1.82, 2.24) is 5.32 Å². The molecule has 3 N–H and O–H groups in total. The summed E-state index contributed by atoms with van der Waals surface area (Å²) in [5.41, 5.74) is 1.19. The molecule has 0 aliphatic carbocycles. The van der Waals surface area contributed by atoms with Crippen LogP contribution in [-0.2, 0) is 14.2 Å². The first-order chi connectivity index (χ1) is 11.2. The lowest BCUT2D eigenvalue weighted by Gasteiger charge is -2.23. The zero-order chi connectivity index (χ0) is 16.5. The number of anilines is 2. The molecule has 1 atom stereocenters. The summed E-state index contributed by atoms with van der Waals surface area (Å²) in [6.07, 6.45) is -0.633. The van der Waals surface area contributed by atoms with Gasteiger partial charge in [-0.3, -0.25) is 5.32 Å². The smallest absolute Gasteiger partial charge is 0.411 e. The molecule has 0 spiro atoms. The number of benzene rings is 1. The largest absolute Gasteiger partial charge is 0.450 e. The van der Waals surface area contributed by atoms with E-state index in [4.69, 9.17) is 14.2 Å². The van der Waals surface area contributed by atoms with Gasteiger partial charge in [0.2, 0.25) is 0 Å². The van der Waals surface area contributed by atoms with Crippen molar-refractivity contribution in [2.75, 3.05) is 43.6 Å². The fourth-order valence-electron chi connectivity index (χ4n) is 1.96. The zero-order valence-electron chi connectivity index (χ0n) is 13.0. The van der Waals surface area contributed by atoms with Crippen LogP contribution >= 0.6 is 0 Å². The first-order valence-electron chi connectivity index (χ1n) is 7.45. The number of urea groups is 1. The summed E-state index contributed by atoms with van der Waals surface area (Å²) in [6, 6.07) is 6.38. The van der Waals surface area contributed by atoms with E-state index >= 15 is 0 Å². The third-order valence-electron chi connectivity index (χ3n) is 3.04. The molecule has 1 aliphatic rings. The monoisotopic (exact) mass is 323 g/mol. The molecule has 3 amide bonds. The fourth-order valence-corrected chi connectivity index (χ4v) is 1.96. The molecule has 0 bridgehead atoms. The summed E-state index contributed by atoms with van der Waals surface area (Å²) in [6.45, 7) is 4.04. The second-order valence-corrected chi connectivity index (χ2v) is 4.83. The van der Waals surface area contributed by atoms with Crippen LogP contribution in [0.3, 0.4) is 0 Å². The molecule has 0 saturated carbocycles. The van der Waals surface area contributed by atoms with Crippen molar-refractivity contribution in [2.24, 2.45) is 0 Å². The summed E-state index contributed by atoms with van der Waals surface area (Å²) in [4.78, 5) is 23.1. The van der Waals surface area contributed by atoms with Gasteiger partial charge in [0.15, 0.2) is 0 Å². The highest BCUT2D eigenvalue weighted by atomic mass is 16.6. The van der Waals surface area contributed by atoms with Gasteiger partial charge in [0.1, 0.15) is 0 Å². The van der Waals surface area contributed by atoms with Gasteiger partial charge < -0.3 is 24.8 Å². The Morgan fingerprint density at radius 3 is 2.48 bits per heavy atom. The van der Waals surface area contributed by atoms with Crippen molar-refractivity contribution < 1.29 is 23.8 Å². The molecule has 1 fully saturated rings. The van der Waals surface area contributed by atoms with E-state index in [1.54, 1.807) is 31.2 Å². The SMILES string of the molecule is CCOC(=O)Nc1ccc(NC(=O)NCC2COCCO2)cc1. The molecule has 1 aliphatic heterocycles. The Bertz CT molecular complexity index is 514. The Balaban J connectivity index is 1.73. The van der Waals surface area contributed by atoms with Gasteiger partial charge in [-0.25, -0.2) is 9.59 Å². The molecule has 1 aromatic rings. The van der Waals surface area contributed by atoms with Gasteiger partial charge in [0.05, 0.1) is 32.5 Å². The number of hydrogen-bond acceptors (Lipinski definition) is 5. The minimum atomic E-state index is -0.513. The van der Waals surface area contributed by atoms with Crippen LogP contribution in [0.4, 0.5) is 21.0 Å². The van der Waals surface area contributed by atoms with E-state index in [2.05, 4.69) is 16.0 Å². The summed E-state index contributed by atoms with van der Waals surface area (Å²) < 4.78 is 15.5. The molecule has 1 aromatic carbocycles. The highest BCUT2D eigenvalue weighted by Gasteiger charge is 2.15. The number of amides is 3. The number of rotatable bonds is 5. The Kier molecular flexibility index (Phi) is 6.64. The molecule has 8 heteroatoms. The third-order valence-corrected chi connectivity index (χ3v) is 3.04. The summed E-state index contributed by atoms with van der Waals surface area (Å²) >= 11 is 0. The van der Waals surface area contributed by atoms with Gasteiger partial charge in [-0.05, 0) is 31.2 Å². The maximum absolute atomic E-state index is 11.8. The maximum atomic E-state index is 11.8. The predicted molar refractivity (Wildman–Crippen MR) is 84.7 cm³/mol. The lowest BCUT2D eigenvalue weighted by Crippen LogP contribution is -2.41. The molecule has 1 unspecified atom stereocenters. The summed E-state index contributed by atoms with van der Waals surface area (Å²) in [5.74, 6) is 0. The van der Waals surface area contributed by atoms with Crippen molar-refractivity contribution in [2.45, 2.75) is 13.0 Å². The van der Waals surface area contributed by atoms with Gasteiger partial charge in [-0.2, -0.15) is 0 Å². The van der Waals surface area contributed by atoms with Crippen LogP contribution in [0.5, 0.6) is 0 Å². The van der Waals surface area contributed by atoms with Crippen molar-refractivity contribution in [1.29, 1.82) is 0 Å². The Morgan fingerprint density at radius 2 is 1.87 bits per heavy atom. The molecule has 23 heavy (non-hydrogen) atoms. The summed E-state index contributed by atoms with van der Waals surface area (Å²) in [7, 11) is 0. The number of nitrogens with one attached hydrogen (secondary N) is 3. The lowest BCUT2D eigenvalue weighted by molar-refractivity contribution is -0.0852. The maximum Gasteiger partial charge on any atom is 0.411 e. The minimum absolute atomic E-state index is 0.120. The average molecular weight is 323 g/mol. The molecule has 1 heterocycles. The van der Waals surface area contributed by atoms with E-state index in [0.29, 0.717) is 44.3 Å². The first-order valence-corrected chi connectivity index (χ1v) is 7.45. The molecule has 126 valence electrons.